The Kier molecular flexibility index (Phi) is 3.95. The van der Waals surface area contributed by atoms with Crippen molar-refractivity contribution in [2.45, 2.75) is 13.5 Å². The minimum atomic E-state index is 0.283. The number of rotatable bonds is 3. The van der Waals surface area contributed by atoms with Crippen LogP contribution < -0.4 is 20.1 Å². The van der Waals surface area contributed by atoms with Crippen molar-refractivity contribution in [2.75, 3.05) is 12.1 Å². The van der Waals surface area contributed by atoms with Crippen LogP contribution in [0.5, 0.6) is 11.5 Å². The number of anilines is 1. The topological polar surface area (TPSA) is 55.4 Å². The summed E-state index contributed by atoms with van der Waals surface area (Å²) in [7, 11) is 0. The number of thiocarbonyl (C=S) groups is 1. The van der Waals surface area contributed by atoms with Crippen molar-refractivity contribution in [1.82, 2.24) is 10.3 Å². The van der Waals surface area contributed by atoms with Crippen LogP contribution in [-0.4, -0.2) is 16.9 Å². The Labute approximate surface area is 148 Å². The van der Waals surface area contributed by atoms with Crippen molar-refractivity contribution in [2.24, 2.45) is 0 Å². The number of fused-ring (bicyclic) bond motifs is 2. The van der Waals surface area contributed by atoms with E-state index in [4.69, 9.17) is 21.7 Å². The monoisotopic (exact) mass is 357 g/mol. The van der Waals surface area contributed by atoms with Crippen LogP contribution in [0.25, 0.3) is 10.2 Å². The fraction of sp³-hybridized carbons (Fsp3) is 0.176. The molecule has 7 heteroatoms. The molecule has 1 aromatic heterocycles. The van der Waals surface area contributed by atoms with Gasteiger partial charge < -0.3 is 20.1 Å². The largest absolute Gasteiger partial charge is 0.454 e. The molecule has 0 amide bonds. The molecule has 1 aliphatic heterocycles. The SMILES string of the molecule is Cc1nc2ccc(NC(=S)NCc3ccc4c(c3)OCO4)cc2s1. The number of hydrogen-bond acceptors (Lipinski definition) is 5. The van der Waals surface area contributed by atoms with Crippen LogP contribution in [0.3, 0.4) is 0 Å². The van der Waals surface area contributed by atoms with E-state index in [2.05, 4.69) is 21.7 Å². The molecule has 2 aromatic carbocycles. The van der Waals surface area contributed by atoms with Crippen LogP contribution in [0.2, 0.25) is 0 Å². The Hall–Kier alpha value is -2.38. The van der Waals surface area contributed by atoms with Gasteiger partial charge in [0.2, 0.25) is 6.79 Å². The molecule has 0 radical (unpaired) electrons. The Morgan fingerprint density at radius 1 is 1.21 bits per heavy atom. The Morgan fingerprint density at radius 3 is 3.00 bits per heavy atom. The van der Waals surface area contributed by atoms with E-state index in [1.165, 1.54) is 0 Å². The summed E-state index contributed by atoms with van der Waals surface area (Å²) in [6.45, 7) is 2.91. The second kappa shape index (κ2) is 6.26. The predicted molar refractivity (Wildman–Crippen MR) is 100.0 cm³/mol. The fourth-order valence-electron chi connectivity index (χ4n) is 2.53. The third-order valence-electron chi connectivity index (χ3n) is 3.64. The van der Waals surface area contributed by atoms with Gasteiger partial charge in [-0.25, -0.2) is 4.98 Å². The normalized spacial score (nSPS) is 12.4. The van der Waals surface area contributed by atoms with Gasteiger partial charge in [-0.05, 0) is 55.0 Å². The molecule has 0 atom stereocenters. The molecule has 0 saturated heterocycles. The first-order chi connectivity index (χ1) is 11.7. The summed E-state index contributed by atoms with van der Waals surface area (Å²) in [5.41, 5.74) is 3.05. The molecule has 2 N–H and O–H groups in total. The summed E-state index contributed by atoms with van der Waals surface area (Å²) in [5, 5.41) is 8.05. The first kappa shape index (κ1) is 15.2. The molecule has 4 rings (SSSR count). The number of ether oxygens (including phenoxy) is 2. The third-order valence-corrected chi connectivity index (χ3v) is 4.82. The molecule has 122 valence electrons. The smallest absolute Gasteiger partial charge is 0.231 e. The maximum atomic E-state index is 5.38. The number of thiazole rings is 1. The number of nitrogens with one attached hydrogen (secondary N) is 2. The van der Waals surface area contributed by atoms with E-state index in [9.17, 15) is 0 Å². The molecule has 0 bridgehead atoms. The highest BCUT2D eigenvalue weighted by molar-refractivity contribution is 7.80. The van der Waals surface area contributed by atoms with E-state index >= 15 is 0 Å². The molecule has 1 aliphatic rings. The summed E-state index contributed by atoms with van der Waals surface area (Å²) >= 11 is 7.05. The van der Waals surface area contributed by atoms with Gasteiger partial charge in [0.1, 0.15) is 0 Å². The van der Waals surface area contributed by atoms with E-state index in [1.807, 2.05) is 37.3 Å². The lowest BCUT2D eigenvalue weighted by molar-refractivity contribution is 0.174. The van der Waals surface area contributed by atoms with Gasteiger partial charge in [-0.2, -0.15) is 0 Å². The van der Waals surface area contributed by atoms with Crippen molar-refractivity contribution in [3.05, 3.63) is 47.0 Å². The van der Waals surface area contributed by atoms with Gasteiger partial charge in [0.05, 0.1) is 15.2 Å². The molecule has 0 unspecified atom stereocenters. The lowest BCUT2D eigenvalue weighted by Crippen LogP contribution is -2.27. The maximum Gasteiger partial charge on any atom is 0.231 e. The predicted octanol–water partition coefficient (Wildman–Crippen LogP) is 3.82. The van der Waals surface area contributed by atoms with Gasteiger partial charge >= 0.3 is 0 Å². The van der Waals surface area contributed by atoms with Crippen LogP contribution in [-0.2, 0) is 6.54 Å². The highest BCUT2D eigenvalue weighted by atomic mass is 32.1. The molecule has 0 spiro atoms. The van der Waals surface area contributed by atoms with E-state index in [0.29, 0.717) is 11.7 Å². The number of aromatic nitrogens is 1. The van der Waals surface area contributed by atoms with Gasteiger partial charge in [-0.1, -0.05) is 6.07 Å². The second-order valence-electron chi connectivity index (χ2n) is 5.41. The Morgan fingerprint density at radius 2 is 2.08 bits per heavy atom. The van der Waals surface area contributed by atoms with E-state index in [-0.39, 0.29) is 6.79 Å². The zero-order valence-electron chi connectivity index (χ0n) is 13.0. The molecule has 3 aromatic rings. The molecular formula is C17H15N3O2S2. The van der Waals surface area contributed by atoms with Crippen molar-refractivity contribution in [3.63, 3.8) is 0 Å². The van der Waals surface area contributed by atoms with Crippen LogP contribution in [0, 0.1) is 6.92 Å². The molecule has 0 aliphatic carbocycles. The average Bonchev–Trinajstić information content (AvgIpc) is 3.17. The van der Waals surface area contributed by atoms with E-state index in [0.717, 1.165) is 38.0 Å². The molecule has 2 heterocycles. The van der Waals surface area contributed by atoms with Crippen molar-refractivity contribution in [3.8, 4) is 11.5 Å². The number of nitrogens with zero attached hydrogens (tertiary/aromatic N) is 1. The number of aryl methyl sites for hydroxylation is 1. The van der Waals surface area contributed by atoms with Crippen LogP contribution >= 0.6 is 23.6 Å². The zero-order valence-corrected chi connectivity index (χ0v) is 14.6. The van der Waals surface area contributed by atoms with Crippen LogP contribution in [0.4, 0.5) is 5.69 Å². The summed E-state index contributed by atoms with van der Waals surface area (Å²) in [6.07, 6.45) is 0. The lowest BCUT2D eigenvalue weighted by Gasteiger charge is -2.11. The number of hydrogen-bond donors (Lipinski definition) is 2. The first-order valence-electron chi connectivity index (χ1n) is 7.48. The fourth-order valence-corrected chi connectivity index (χ4v) is 3.58. The standard InChI is InChI=1S/C17H15N3O2S2/c1-10-19-13-4-3-12(7-16(13)24-10)20-17(23)18-8-11-2-5-14-15(6-11)22-9-21-14/h2-7H,8-9H2,1H3,(H2,18,20,23). The quantitative estimate of drug-likeness (QED) is 0.695. The molecule has 24 heavy (non-hydrogen) atoms. The molecule has 5 nitrogen and oxygen atoms in total. The summed E-state index contributed by atoms with van der Waals surface area (Å²) < 4.78 is 11.8. The highest BCUT2D eigenvalue weighted by Crippen LogP contribution is 2.32. The van der Waals surface area contributed by atoms with E-state index in [1.54, 1.807) is 11.3 Å². The summed E-state index contributed by atoms with van der Waals surface area (Å²) in [4.78, 5) is 4.46. The minimum Gasteiger partial charge on any atom is -0.454 e. The van der Waals surface area contributed by atoms with Gasteiger partial charge in [0.15, 0.2) is 16.6 Å². The Balaban J connectivity index is 1.38. The number of benzene rings is 2. The maximum absolute atomic E-state index is 5.38. The lowest BCUT2D eigenvalue weighted by atomic mass is 10.2. The van der Waals surface area contributed by atoms with Crippen molar-refractivity contribution in [1.29, 1.82) is 0 Å². The van der Waals surface area contributed by atoms with Gasteiger partial charge in [0.25, 0.3) is 0 Å². The average molecular weight is 357 g/mol. The van der Waals surface area contributed by atoms with Gasteiger partial charge in [-0.3, -0.25) is 0 Å². The third kappa shape index (κ3) is 3.13. The Bertz CT molecular complexity index is 923. The van der Waals surface area contributed by atoms with Crippen molar-refractivity contribution >= 4 is 44.6 Å². The van der Waals surface area contributed by atoms with E-state index < -0.39 is 0 Å². The first-order valence-corrected chi connectivity index (χ1v) is 8.70. The van der Waals surface area contributed by atoms with Gasteiger partial charge in [0, 0.05) is 12.2 Å². The van der Waals surface area contributed by atoms with Gasteiger partial charge in [-0.15, -0.1) is 11.3 Å². The minimum absolute atomic E-state index is 0.283. The second-order valence-corrected chi connectivity index (χ2v) is 7.05. The molecule has 0 saturated carbocycles. The molecule has 0 fully saturated rings. The summed E-state index contributed by atoms with van der Waals surface area (Å²) in [6, 6.07) is 11.9. The highest BCUT2D eigenvalue weighted by Gasteiger charge is 2.13. The zero-order chi connectivity index (χ0) is 16.5. The molecular weight excluding hydrogens is 342 g/mol. The van der Waals surface area contributed by atoms with Crippen molar-refractivity contribution < 1.29 is 9.47 Å². The van der Waals surface area contributed by atoms with Crippen LogP contribution in [0.15, 0.2) is 36.4 Å². The van der Waals surface area contributed by atoms with Crippen LogP contribution in [0.1, 0.15) is 10.6 Å². The summed E-state index contributed by atoms with van der Waals surface area (Å²) in [5.74, 6) is 1.56.